The summed E-state index contributed by atoms with van der Waals surface area (Å²) in [6.07, 6.45) is 1.91. The molecule has 3 aromatic carbocycles. The Morgan fingerprint density at radius 1 is 1.06 bits per heavy atom. The van der Waals surface area contributed by atoms with E-state index in [0.29, 0.717) is 35.7 Å². The maximum absolute atomic E-state index is 12.8. The molecule has 32 heavy (non-hydrogen) atoms. The third-order valence-electron chi connectivity index (χ3n) is 4.69. The molecule has 0 fully saturated rings. The molecule has 0 spiro atoms. The first-order valence-corrected chi connectivity index (χ1v) is 9.93. The summed E-state index contributed by atoms with van der Waals surface area (Å²) in [4.78, 5) is 24.0. The van der Waals surface area contributed by atoms with Crippen molar-refractivity contribution in [3.05, 3.63) is 96.1 Å². The monoisotopic (exact) mass is 429 g/mol. The third-order valence-corrected chi connectivity index (χ3v) is 4.69. The van der Waals surface area contributed by atoms with Gasteiger partial charge < -0.3 is 15.2 Å². The van der Waals surface area contributed by atoms with Crippen molar-refractivity contribution in [1.29, 1.82) is 0 Å². The van der Waals surface area contributed by atoms with Crippen LogP contribution in [0.5, 0.6) is 11.5 Å². The van der Waals surface area contributed by atoms with E-state index >= 15 is 0 Å². The van der Waals surface area contributed by atoms with Crippen LogP contribution in [0.15, 0.2) is 89.6 Å². The molecule has 3 rings (SSSR count). The Morgan fingerprint density at radius 2 is 1.78 bits per heavy atom. The number of aromatic hydroxyl groups is 1. The summed E-state index contributed by atoms with van der Waals surface area (Å²) in [5.74, 6) is -0.425. The van der Waals surface area contributed by atoms with Gasteiger partial charge in [0.25, 0.3) is 0 Å². The largest absolute Gasteiger partial charge is 0.507 e. The average molecular weight is 429 g/mol. The topological polar surface area (TPSA) is 100 Å². The van der Waals surface area contributed by atoms with E-state index in [1.165, 1.54) is 25.3 Å². The van der Waals surface area contributed by atoms with E-state index in [1.807, 2.05) is 18.2 Å². The summed E-state index contributed by atoms with van der Waals surface area (Å²) >= 11 is 0. The van der Waals surface area contributed by atoms with Gasteiger partial charge in [-0.2, -0.15) is 5.11 Å². The minimum absolute atomic E-state index is 0.114. The summed E-state index contributed by atoms with van der Waals surface area (Å²) in [6, 6.07) is 18.9. The number of rotatable bonds is 9. The lowest BCUT2D eigenvalue weighted by atomic mass is 10.0. The van der Waals surface area contributed by atoms with Gasteiger partial charge in [0.1, 0.15) is 17.2 Å². The highest BCUT2D eigenvalue weighted by molar-refractivity contribution is 6.11. The number of hydrogen-bond acceptors (Lipinski definition) is 6. The van der Waals surface area contributed by atoms with Gasteiger partial charge in [-0.3, -0.25) is 9.59 Å². The van der Waals surface area contributed by atoms with E-state index in [4.69, 9.17) is 4.74 Å². The van der Waals surface area contributed by atoms with E-state index < -0.39 is 0 Å². The maximum atomic E-state index is 12.8. The van der Waals surface area contributed by atoms with Crippen molar-refractivity contribution in [3.8, 4) is 11.5 Å². The molecule has 0 bridgehead atoms. The van der Waals surface area contributed by atoms with Crippen molar-refractivity contribution in [2.45, 2.75) is 6.42 Å². The lowest BCUT2D eigenvalue weighted by Crippen LogP contribution is -2.23. The van der Waals surface area contributed by atoms with Crippen LogP contribution in [-0.4, -0.2) is 30.5 Å². The number of benzene rings is 3. The van der Waals surface area contributed by atoms with Crippen molar-refractivity contribution in [2.75, 3.05) is 13.7 Å². The summed E-state index contributed by atoms with van der Waals surface area (Å²) in [6.45, 7) is 3.92. The second-order valence-corrected chi connectivity index (χ2v) is 6.85. The quantitative estimate of drug-likeness (QED) is 0.287. The normalized spacial score (nSPS) is 10.7. The van der Waals surface area contributed by atoms with Crippen LogP contribution < -0.4 is 10.1 Å². The van der Waals surface area contributed by atoms with Gasteiger partial charge in [0.2, 0.25) is 5.91 Å². The smallest absolute Gasteiger partial charge is 0.243 e. The number of azo groups is 1. The van der Waals surface area contributed by atoms with E-state index in [2.05, 4.69) is 22.1 Å². The van der Waals surface area contributed by atoms with Crippen LogP contribution in [0.1, 0.15) is 21.5 Å². The Morgan fingerprint density at radius 3 is 2.44 bits per heavy atom. The lowest BCUT2D eigenvalue weighted by molar-refractivity contribution is -0.116. The molecule has 7 nitrogen and oxygen atoms in total. The van der Waals surface area contributed by atoms with E-state index in [9.17, 15) is 14.7 Å². The molecule has 1 amide bonds. The van der Waals surface area contributed by atoms with Crippen molar-refractivity contribution in [3.63, 3.8) is 0 Å². The average Bonchev–Trinajstić information content (AvgIpc) is 2.83. The van der Waals surface area contributed by atoms with Gasteiger partial charge in [0.05, 0.1) is 18.4 Å². The Balaban J connectivity index is 1.78. The van der Waals surface area contributed by atoms with Crippen molar-refractivity contribution < 1.29 is 19.4 Å². The highest BCUT2D eigenvalue weighted by Gasteiger charge is 2.17. The minimum atomic E-state index is -0.324. The summed E-state index contributed by atoms with van der Waals surface area (Å²) < 4.78 is 5.28. The highest BCUT2D eigenvalue weighted by Crippen LogP contribution is 2.36. The molecular formula is C25H23N3O4. The van der Waals surface area contributed by atoms with E-state index in [0.717, 1.165) is 5.56 Å². The second-order valence-electron chi connectivity index (χ2n) is 6.85. The van der Waals surface area contributed by atoms with Crippen LogP contribution >= 0.6 is 0 Å². The first-order valence-electron chi connectivity index (χ1n) is 9.93. The number of amides is 1. The lowest BCUT2D eigenvalue weighted by Gasteiger charge is -2.09. The molecule has 0 aliphatic carbocycles. The fourth-order valence-corrected chi connectivity index (χ4v) is 2.97. The second kappa shape index (κ2) is 10.7. The van der Waals surface area contributed by atoms with Crippen molar-refractivity contribution in [1.82, 2.24) is 5.32 Å². The van der Waals surface area contributed by atoms with Gasteiger partial charge >= 0.3 is 0 Å². The van der Waals surface area contributed by atoms with Crippen LogP contribution in [-0.2, 0) is 11.2 Å². The zero-order valence-electron chi connectivity index (χ0n) is 17.6. The third kappa shape index (κ3) is 5.66. The number of hydrogen-bond donors (Lipinski definition) is 2. The van der Waals surface area contributed by atoms with E-state index in [1.54, 1.807) is 36.4 Å². The molecule has 7 heteroatoms. The molecule has 2 N–H and O–H groups in total. The van der Waals surface area contributed by atoms with Gasteiger partial charge in [0.15, 0.2) is 5.78 Å². The van der Waals surface area contributed by atoms with Crippen LogP contribution in [0.25, 0.3) is 0 Å². The van der Waals surface area contributed by atoms with Gasteiger partial charge in [-0.25, -0.2) is 0 Å². The Labute approximate surface area is 186 Å². The van der Waals surface area contributed by atoms with Gasteiger partial charge in [-0.05, 0) is 36.3 Å². The molecule has 0 saturated carbocycles. The van der Waals surface area contributed by atoms with Crippen LogP contribution in [0.2, 0.25) is 0 Å². The SMILES string of the molecule is C=CC(=O)NCCc1ccc(/N=N/c2cc(C(=O)c3ccccc3)c(O)cc2OC)cc1. The molecule has 0 unspecified atom stereocenters. The number of carbonyl (C=O) groups excluding carboxylic acids is 2. The number of carbonyl (C=O) groups is 2. The first kappa shape index (κ1) is 22.4. The van der Waals surface area contributed by atoms with E-state index in [-0.39, 0.29) is 23.0 Å². The Bertz CT molecular complexity index is 1140. The Kier molecular flexibility index (Phi) is 7.48. The van der Waals surface area contributed by atoms with Gasteiger partial charge in [0, 0.05) is 18.2 Å². The molecular weight excluding hydrogens is 406 g/mol. The highest BCUT2D eigenvalue weighted by atomic mass is 16.5. The number of nitrogens with zero attached hydrogens (tertiary/aromatic N) is 2. The minimum Gasteiger partial charge on any atom is -0.507 e. The molecule has 0 radical (unpaired) electrons. The number of methoxy groups -OCH3 is 1. The van der Waals surface area contributed by atoms with Gasteiger partial charge in [-0.1, -0.05) is 49.0 Å². The Hall–Kier alpha value is -4.26. The molecule has 3 aromatic rings. The number of nitrogens with one attached hydrogen (secondary N) is 1. The molecule has 0 atom stereocenters. The maximum Gasteiger partial charge on any atom is 0.243 e. The first-order chi connectivity index (χ1) is 15.5. The summed E-state index contributed by atoms with van der Waals surface area (Å²) in [7, 11) is 1.45. The zero-order valence-corrected chi connectivity index (χ0v) is 17.6. The number of phenolic OH excluding ortho intramolecular Hbond substituents is 1. The van der Waals surface area contributed by atoms with Crippen molar-refractivity contribution in [2.24, 2.45) is 10.2 Å². The standard InChI is InChI=1S/C25H23N3O4/c1-3-24(30)26-14-13-17-9-11-19(12-10-17)27-28-21-15-20(22(29)16-23(21)32-2)25(31)18-7-5-4-6-8-18/h3-12,15-16,29H,1,13-14H2,2H3,(H,26,30)/b28-27+. The van der Waals surface area contributed by atoms with Crippen LogP contribution in [0.4, 0.5) is 11.4 Å². The molecule has 162 valence electrons. The fourth-order valence-electron chi connectivity index (χ4n) is 2.97. The number of phenols is 1. The molecule has 0 heterocycles. The molecule has 0 aliphatic rings. The van der Waals surface area contributed by atoms with Gasteiger partial charge in [-0.15, -0.1) is 5.11 Å². The molecule has 0 aliphatic heterocycles. The number of ketones is 1. The zero-order chi connectivity index (χ0) is 22.9. The predicted molar refractivity (Wildman–Crippen MR) is 122 cm³/mol. The summed E-state index contributed by atoms with van der Waals surface area (Å²) in [5, 5.41) is 21.5. The fraction of sp³-hybridized carbons (Fsp3) is 0.120. The summed E-state index contributed by atoms with van der Waals surface area (Å²) in [5.41, 5.74) is 2.53. The van der Waals surface area contributed by atoms with Crippen LogP contribution in [0.3, 0.4) is 0 Å². The van der Waals surface area contributed by atoms with Crippen molar-refractivity contribution >= 4 is 23.1 Å². The van der Waals surface area contributed by atoms with Crippen LogP contribution in [0, 0.1) is 0 Å². The predicted octanol–water partition coefficient (Wildman–Crippen LogP) is 4.89. The molecule has 0 saturated heterocycles. The molecule has 0 aromatic heterocycles. The number of ether oxygens (including phenoxy) is 1.